The zero-order chi connectivity index (χ0) is 27.4. The second kappa shape index (κ2) is 9.98. The van der Waals surface area contributed by atoms with Crippen LogP contribution in [-0.4, -0.2) is 56.1 Å². The molecule has 0 fully saturated rings. The summed E-state index contributed by atoms with van der Waals surface area (Å²) in [5.41, 5.74) is 4.02. The van der Waals surface area contributed by atoms with E-state index in [0.29, 0.717) is 47.4 Å². The monoisotopic (exact) mass is 555 g/mol. The van der Waals surface area contributed by atoms with Crippen molar-refractivity contribution in [2.45, 2.75) is 64.9 Å². The van der Waals surface area contributed by atoms with Crippen molar-refractivity contribution in [2.75, 3.05) is 13.7 Å². The number of carbonyl (C=O) groups is 2. The van der Waals surface area contributed by atoms with Crippen molar-refractivity contribution < 1.29 is 14.3 Å². The second-order valence-electron chi connectivity index (χ2n) is 10.5. The Bertz CT molecular complexity index is 1400. The molecule has 2 amide bonds. The molecule has 38 heavy (non-hydrogen) atoms. The predicted molar refractivity (Wildman–Crippen MR) is 145 cm³/mol. The van der Waals surface area contributed by atoms with Crippen LogP contribution in [0.15, 0.2) is 36.5 Å². The molecule has 2 atom stereocenters. The fourth-order valence-corrected chi connectivity index (χ4v) is 5.46. The molecule has 10 heteroatoms. The maximum Gasteiger partial charge on any atom is 0.273 e. The molecule has 0 saturated carbocycles. The van der Waals surface area contributed by atoms with Gasteiger partial charge < -0.3 is 14.5 Å². The third-order valence-corrected chi connectivity index (χ3v) is 8.55. The lowest BCUT2D eigenvalue weighted by Gasteiger charge is -2.35. The van der Waals surface area contributed by atoms with E-state index in [-0.39, 0.29) is 23.9 Å². The van der Waals surface area contributed by atoms with E-state index in [9.17, 15) is 9.59 Å². The van der Waals surface area contributed by atoms with Crippen molar-refractivity contribution in [2.24, 2.45) is 0 Å². The molecule has 1 unspecified atom stereocenters. The average Bonchev–Trinajstić information content (AvgIpc) is 3.27. The molecular weight excluding hydrogens is 525 g/mol. The van der Waals surface area contributed by atoms with Gasteiger partial charge in [0.2, 0.25) is 0 Å². The standard InChI is InChI=1S/C28H31Cl2N5O3/c1-16-12-24-20(15-34(16)26(36)18-6-8-21(29)22(30)13-18)25-27(37)33(10-11-35(25)32-24)17(2)23-9-7-19(14-31-23)28(3,4)38-5/h6-9,13-14,16-17H,10-12,15H2,1-5H3/t16-,17?/m1/s1. The number of pyridine rings is 1. The molecule has 1 aromatic carbocycles. The van der Waals surface area contributed by atoms with Gasteiger partial charge in [0, 0.05) is 49.0 Å². The van der Waals surface area contributed by atoms with E-state index in [1.165, 1.54) is 0 Å². The number of halogens is 2. The summed E-state index contributed by atoms with van der Waals surface area (Å²) in [6, 6.07) is 8.53. The number of nitrogens with zero attached hydrogens (tertiary/aromatic N) is 5. The second-order valence-corrected chi connectivity index (χ2v) is 11.3. The van der Waals surface area contributed by atoms with E-state index >= 15 is 0 Å². The molecule has 0 N–H and O–H groups in total. The SMILES string of the molecule is COC(C)(C)c1ccc(C(C)N2CCn3nc4c(c3C2=O)CN(C(=O)c2ccc(Cl)c(Cl)c2)[C@H](C)C4)nc1. The van der Waals surface area contributed by atoms with Gasteiger partial charge in [-0.15, -0.1) is 0 Å². The lowest BCUT2D eigenvalue weighted by atomic mass is 9.97. The Balaban J connectivity index is 1.40. The highest BCUT2D eigenvalue weighted by Crippen LogP contribution is 2.33. The third kappa shape index (κ3) is 4.59. The van der Waals surface area contributed by atoms with Gasteiger partial charge in [0.05, 0.1) is 46.2 Å². The third-order valence-electron chi connectivity index (χ3n) is 7.81. The minimum absolute atomic E-state index is 0.0781. The number of hydrogen-bond acceptors (Lipinski definition) is 5. The van der Waals surface area contributed by atoms with E-state index < -0.39 is 5.60 Å². The van der Waals surface area contributed by atoms with Gasteiger partial charge in [0.15, 0.2) is 0 Å². The Morgan fingerprint density at radius 1 is 1.16 bits per heavy atom. The first-order chi connectivity index (χ1) is 18.0. The summed E-state index contributed by atoms with van der Waals surface area (Å²) in [6.45, 7) is 9.38. The van der Waals surface area contributed by atoms with E-state index in [2.05, 4.69) is 4.98 Å². The van der Waals surface area contributed by atoms with E-state index in [1.807, 2.05) is 50.9 Å². The molecule has 0 saturated heterocycles. The topological polar surface area (TPSA) is 80.6 Å². The van der Waals surface area contributed by atoms with Gasteiger partial charge >= 0.3 is 0 Å². The van der Waals surface area contributed by atoms with E-state index in [4.69, 9.17) is 33.0 Å². The fourth-order valence-electron chi connectivity index (χ4n) is 5.16. The van der Waals surface area contributed by atoms with Crippen LogP contribution < -0.4 is 0 Å². The minimum Gasteiger partial charge on any atom is -0.374 e. The van der Waals surface area contributed by atoms with Crippen molar-refractivity contribution in [1.82, 2.24) is 24.6 Å². The molecule has 0 radical (unpaired) electrons. The number of fused-ring (bicyclic) bond motifs is 3. The van der Waals surface area contributed by atoms with Gasteiger partial charge in [0.25, 0.3) is 11.8 Å². The van der Waals surface area contributed by atoms with Crippen LogP contribution in [0.4, 0.5) is 0 Å². The summed E-state index contributed by atoms with van der Waals surface area (Å²) in [7, 11) is 1.67. The largest absolute Gasteiger partial charge is 0.374 e. The molecule has 200 valence electrons. The molecule has 2 aliphatic heterocycles. The van der Waals surface area contributed by atoms with Crippen LogP contribution in [0.2, 0.25) is 10.0 Å². The highest BCUT2D eigenvalue weighted by molar-refractivity contribution is 6.42. The number of ether oxygens (including phenoxy) is 1. The number of methoxy groups -OCH3 is 1. The Kier molecular flexibility index (Phi) is 7.00. The van der Waals surface area contributed by atoms with Crippen molar-refractivity contribution in [1.29, 1.82) is 0 Å². The van der Waals surface area contributed by atoms with Gasteiger partial charge in [-0.05, 0) is 52.0 Å². The Morgan fingerprint density at radius 2 is 1.92 bits per heavy atom. The average molecular weight is 556 g/mol. The molecule has 4 heterocycles. The van der Waals surface area contributed by atoms with Crippen LogP contribution in [0.3, 0.4) is 0 Å². The summed E-state index contributed by atoms with van der Waals surface area (Å²) in [4.78, 5) is 35.5. The number of rotatable bonds is 5. The minimum atomic E-state index is -0.445. The van der Waals surface area contributed by atoms with Crippen LogP contribution in [0.1, 0.15) is 77.1 Å². The summed E-state index contributed by atoms with van der Waals surface area (Å²) in [5.74, 6) is -0.254. The summed E-state index contributed by atoms with van der Waals surface area (Å²) in [6.07, 6.45) is 2.38. The number of hydrogen-bond donors (Lipinski definition) is 0. The quantitative estimate of drug-likeness (QED) is 0.428. The lowest BCUT2D eigenvalue weighted by molar-refractivity contribution is 0.0188. The molecule has 0 aliphatic carbocycles. The van der Waals surface area contributed by atoms with Crippen LogP contribution in [0.5, 0.6) is 0 Å². The van der Waals surface area contributed by atoms with Crippen LogP contribution >= 0.6 is 23.2 Å². The van der Waals surface area contributed by atoms with Crippen LogP contribution in [-0.2, 0) is 29.8 Å². The maximum absolute atomic E-state index is 13.8. The van der Waals surface area contributed by atoms with Crippen LogP contribution in [0, 0.1) is 0 Å². The number of aromatic nitrogens is 3. The van der Waals surface area contributed by atoms with Gasteiger partial charge in [-0.3, -0.25) is 19.3 Å². The number of amides is 2. The Labute approximate surface area is 232 Å². The summed E-state index contributed by atoms with van der Waals surface area (Å²) >= 11 is 12.2. The van der Waals surface area contributed by atoms with Crippen molar-refractivity contribution in [3.05, 3.63) is 80.3 Å². The molecule has 3 aromatic rings. The van der Waals surface area contributed by atoms with Gasteiger partial charge in [-0.1, -0.05) is 29.3 Å². The molecule has 0 spiro atoms. The zero-order valence-electron chi connectivity index (χ0n) is 22.2. The molecule has 0 bridgehead atoms. The first-order valence-electron chi connectivity index (χ1n) is 12.7. The van der Waals surface area contributed by atoms with Crippen LogP contribution in [0.25, 0.3) is 0 Å². The number of benzene rings is 1. The normalized spacial score (nSPS) is 18.3. The first-order valence-corrected chi connectivity index (χ1v) is 13.4. The lowest BCUT2D eigenvalue weighted by Crippen LogP contribution is -2.45. The molecule has 2 aromatic heterocycles. The predicted octanol–water partition coefficient (Wildman–Crippen LogP) is 5.27. The van der Waals surface area contributed by atoms with Crippen molar-refractivity contribution >= 4 is 35.0 Å². The Morgan fingerprint density at radius 3 is 2.58 bits per heavy atom. The summed E-state index contributed by atoms with van der Waals surface area (Å²) < 4.78 is 7.36. The van der Waals surface area contributed by atoms with Gasteiger partial charge in [-0.25, -0.2) is 0 Å². The van der Waals surface area contributed by atoms with E-state index in [0.717, 1.165) is 22.5 Å². The highest BCUT2D eigenvalue weighted by Gasteiger charge is 2.39. The molecule has 2 aliphatic rings. The number of carbonyl (C=O) groups excluding carboxylic acids is 2. The van der Waals surface area contributed by atoms with Gasteiger partial charge in [-0.2, -0.15) is 5.10 Å². The first kappa shape index (κ1) is 26.7. The van der Waals surface area contributed by atoms with Gasteiger partial charge in [0.1, 0.15) is 5.69 Å². The molecule has 8 nitrogen and oxygen atoms in total. The smallest absolute Gasteiger partial charge is 0.273 e. The molecular formula is C28H31Cl2N5O3. The molecule has 5 rings (SSSR count). The zero-order valence-corrected chi connectivity index (χ0v) is 23.7. The van der Waals surface area contributed by atoms with E-state index in [1.54, 1.807) is 34.9 Å². The fraction of sp³-hybridized carbons (Fsp3) is 0.429. The highest BCUT2D eigenvalue weighted by atomic mass is 35.5. The maximum atomic E-state index is 13.8. The Hall–Kier alpha value is -2.94. The van der Waals surface area contributed by atoms with Crippen molar-refractivity contribution in [3.8, 4) is 0 Å². The van der Waals surface area contributed by atoms with Crippen molar-refractivity contribution in [3.63, 3.8) is 0 Å². The summed E-state index contributed by atoms with van der Waals surface area (Å²) in [5, 5.41) is 5.49.